The first-order valence-corrected chi connectivity index (χ1v) is 9.19. The van der Waals surface area contributed by atoms with Crippen LogP contribution < -0.4 is 4.90 Å². The normalized spacial score (nSPS) is 18.2. The fourth-order valence-corrected chi connectivity index (χ4v) is 3.53. The van der Waals surface area contributed by atoms with Crippen LogP contribution >= 0.6 is 0 Å². The van der Waals surface area contributed by atoms with Crippen molar-refractivity contribution in [2.75, 3.05) is 4.90 Å². The molecule has 29 heavy (non-hydrogen) atoms. The molecule has 144 valence electrons. The number of anilines is 1. The van der Waals surface area contributed by atoms with E-state index in [1.807, 2.05) is 49.4 Å². The van der Waals surface area contributed by atoms with Gasteiger partial charge in [-0.1, -0.05) is 60.2 Å². The second-order valence-corrected chi connectivity index (χ2v) is 6.96. The molecule has 1 aliphatic heterocycles. The zero-order valence-corrected chi connectivity index (χ0v) is 15.7. The molecule has 1 unspecified atom stereocenters. The van der Waals surface area contributed by atoms with E-state index >= 15 is 0 Å². The Balaban J connectivity index is 1.93. The minimum atomic E-state index is -0.776. The van der Waals surface area contributed by atoms with Gasteiger partial charge in [0.2, 0.25) is 0 Å². The van der Waals surface area contributed by atoms with Crippen LogP contribution in [0.5, 0.6) is 5.75 Å². The zero-order chi connectivity index (χ0) is 20.5. The lowest BCUT2D eigenvalue weighted by atomic mass is 9.95. The molecule has 3 aromatic rings. The molecule has 0 radical (unpaired) electrons. The van der Waals surface area contributed by atoms with Crippen molar-refractivity contribution in [3.8, 4) is 5.75 Å². The number of rotatable bonds is 3. The third kappa shape index (κ3) is 3.27. The van der Waals surface area contributed by atoms with Gasteiger partial charge in [0.1, 0.15) is 11.5 Å². The van der Waals surface area contributed by atoms with Crippen LogP contribution in [0.15, 0.2) is 84.4 Å². The number of carbonyl (C=O) groups excluding carboxylic acids is 2. The highest BCUT2D eigenvalue weighted by Crippen LogP contribution is 2.42. The van der Waals surface area contributed by atoms with Gasteiger partial charge in [-0.25, -0.2) is 0 Å². The smallest absolute Gasteiger partial charge is 0.300 e. The fraction of sp³-hybridized carbons (Fsp3) is 0.0833. The topological polar surface area (TPSA) is 77.8 Å². The van der Waals surface area contributed by atoms with E-state index in [4.69, 9.17) is 0 Å². The lowest BCUT2D eigenvalue weighted by molar-refractivity contribution is -0.132. The third-order valence-corrected chi connectivity index (χ3v) is 5.01. The Morgan fingerprint density at radius 3 is 2.10 bits per heavy atom. The van der Waals surface area contributed by atoms with Crippen molar-refractivity contribution in [2.45, 2.75) is 13.0 Å². The van der Waals surface area contributed by atoms with Crippen LogP contribution in [-0.4, -0.2) is 21.9 Å². The monoisotopic (exact) mass is 385 g/mol. The number of nitrogens with zero attached hydrogens (tertiary/aromatic N) is 1. The van der Waals surface area contributed by atoms with Crippen LogP contribution in [0, 0.1) is 6.92 Å². The summed E-state index contributed by atoms with van der Waals surface area (Å²) in [5.74, 6) is -1.62. The summed E-state index contributed by atoms with van der Waals surface area (Å²) in [5, 5.41) is 20.6. The molecule has 4 rings (SSSR count). The number of aliphatic hydroxyl groups excluding tert-OH is 1. The number of Topliss-reactive ketones (excluding diaryl/α,β-unsaturated/α-hetero) is 1. The van der Waals surface area contributed by atoms with Gasteiger partial charge in [0.05, 0.1) is 11.6 Å². The van der Waals surface area contributed by atoms with Gasteiger partial charge in [-0.3, -0.25) is 14.5 Å². The molecule has 3 aromatic carbocycles. The quantitative estimate of drug-likeness (QED) is 0.400. The molecule has 1 saturated heterocycles. The summed E-state index contributed by atoms with van der Waals surface area (Å²) in [4.78, 5) is 27.3. The number of aliphatic hydroxyl groups is 1. The van der Waals surface area contributed by atoms with Crippen LogP contribution in [0.1, 0.15) is 22.7 Å². The lowest BCUT2D eigenvalue weighted by Crippen LogP contribution is -2.29. The number of benzene rings is 3. The maximum absolute atomic E-state index is 13.0. The number of aryl methyl sites for hydroxylation is 1. The van der Waals surface area contributed by atoms with E-state index in [2.05, 4.69) is 0 Å². The Labute approximate surface area is 168 Å². The Hall–Kier alpha value is -3.86. The Bertz CT molecular complexity index is 1100. The maximum Gasteiger partial charge on any atom is 0.300 e. The summed E-state index contributed by atoms with van der Waals surface area (Å²) in [6.45, 7) is 1.93. The number of phenolic OH excluding ortho intramolecular Hbond substituents is 1. The summed E-state index contributed by atoms with van der Waals surface area (Å²) in [6, 6.07) is 21.5. The Kier molecular flexibility index (Phi) is 4.64. The third-order valence-electron chi connectivity index (χ3n) is 5.01. The minimum Gasteiger partial charge on any atom is -0.508 e. The average Bonchev–Trinajstić information content (AvgIpc) is 3.00. The summed E-state index contributed by atoms with van der Waals surface area (Å²) < 4.78 is 0. The van der Waals surface area contributed by atoms with Gasteiger partial charge >= 0.3 is 0 Å². The van der Waals surface area contributed by atoms with E-state index in [9.17, 15) is 19.8 Å². The van der Waals surface area contributed by atoms with Gasteiger partial charge in [0.25, 0.3) is 11.7 Å². The molecule has 1 atom stereocenters. The maximum atomic E-state index is 13.0. The fourth-order valence-electron chi connectivity index (χ4n) is 3.53. The highest BCUT2D eigenvalue weighted by molar-refractivity contribution is 6.51. The van der Waals surface area contributed by atoms with Crippen LogP contribution in [-0.2, 0) is 9.59 Å². The van der Waals surface area contributed by atoms with Crippen LogP contribution in [0.3, 0.4) is 0 Å². The molecule has 1 amide bonds. The molecule has 5 heteroatoms. The van der Waals surface area contributed by atoms with Crippen molar-refractivity contribution in [3.63, 3.8) is 0 Å². The van der Waals surface area contributed by atoms with Gasteiger partial charge in [0, 0.05) is 11.3 Å². The molecule has 0 saturated carbocycles. The van der Waals surface area contributed by atoms with Crippen LogP contribution in [0.2, 0.25) is 0 Å². The number of ketones is 1. The number of hydrogen-bond donors (Lipinski definition) is 2. The first kappa shape index (κ1) is 18.5. The average molecular weight is 385 g/mol. The van der Waals surface area contributed by atoms with E-state index in [1.165, 1.54) is 17.0 Å². The number of amides is 1. The van der Waals surface area contributed by atoms with Gasteiger partial charge in [0.15, 0.2) is 0 Å². The van der Waals surface area contributed by atoms with Crippen molar-refractivity contribution in [3.05, 3.63) is 101 Å². The van der Waals surface area contributed by atoms with Gasteiger partial charge in [-0.05, 0) is 36.8 Å². The predicted octanol–water partition coefficient (Wildman–Crippen LogP) is 4.33. The largest absolute Gasteiger partial charge is 0.508 e. The van der Waals surface area contributed by atoms with Gasteiger partial charge in [-0.15, -0.1) is 0 Å². The molecular formula is C24H19NO4. The molecule has 0 spiro atoms. The summed E-state index contributed by atoms with van der Waals surface area (Å²) in [6.07, 6.45) is 0. The highest BCUT2D eigenvalue weighted by atomic mass is 16.3. The molecule has 1 fully saturated rings. The number of phenols is 1. The first-order chi connectivity index (χ1) is 14.0. The SMILES string of the molecule is Cc1ccc(/C(O)=C2\C(=O)C(=O)N(c3ccc(O)cc3)C2c2ccccc2)cc1. The molecule has 2 N–H and O–H groups in total. The minimum absolute atomic E-state index is 0.0399. The van der Waals surface area contributed by atoms with E-state index in [0.717, 1.165) is 5.56 Å². The number of hydrogen-bond acceptors (Lipinski definition) is 4. The van der Waals surface area contributed by atoms with Gasteiger partial charge in [-0.2, -0.15) is 0 Å². The van der Waals surface area contributed by atoms with Crippen molar-refractivity contribution < 1.29 is 19.8 Å². The highest BCUT2D eigenvalue weighted by Gasteiger charge is 2.46. The number of aromatic hydroxyl groups is 1. The van der Waals surface area contributed by atoms with Gasteiger partial charge < -0.3 is 10.2 Å². The lowest BCUT2D eigenvalue weighted by Gasteiger charge is -2.25. The molecule has 1 heterocycles. The molecule has 0 aromatic heterocycles. The van der Waals surface area contributed by atoms with Crippen molar-refractivity contribution in [1.29, 1.82) is 0 Å². The van der Waals surface area contributed by atoms with E-state index in [1.54, 1.807) is 24.3 Å². The molecule has 1 aliphatic rings. The molecule has 5 nitrogen and oxygen atoms in total. The predicted molar refractivity (Wildman–Crippen MR) is 111 cm³/mol. The summed E-state index contributed by atoms with van der Waals surface area (Å²) in [7, 11) is 0. The standard InChI is InChI=1S/C24H19NO4/c1-15-7-9-17(10-8-15)22(27)20-21(16-5-3-2-4-6-16)25(24(29)23(20)28)18-11-13-19(26)14-12-18/h2-14,21,26-27H,1H3/b22-20+. The second kappa shape index (κ2) is 7.28. The van der Waals surface area contributed by atoms with E-state index < -0.39 is 17.7 Å². The van der Waals surface area contributed by atoms with Crippen molar-refractivity contribution in [2.24, 2.45) is 0 Å². The van der Waals surface area contributed by atoms with E-state index in [0.29, 0.717) is 16.8 Å². The molecular weight excluding hydrogens is 366 g/mol. The molecule has 0 bridgehead atoms. The summed E-state index contributed by atoms with van der Waals surface area (Å²) in [5.41, 5.74) is 2.69. The number of carbonyl (C=O) groups is 2. The van der Waals surface area contributed by atoms with Crippen LogP contribution in [0.25, 0.3) is 5.76 Å². The molecule has 0 aliphatic carbocycles. The summed E-state index contributed by atoms with van der Waals surface area (Å²) >= 11 is 0. The van der Waals surface area contributed by atoms with Crippen LogP contribution in [0.4, 0.5) is 5.69 Å². The second-order valence-electron chi connectivity index (χ2n) is 6.96. The first-order valence-electron chi connectivity index (χ1n) is 9.19. The van der Waals surface area contributed by atoms with E-state index in [-0.39, 0.29) is 17.1 Å². The Morgan fingerprint density at radius 2 is 1.48 bits per heavy atom. The Morgan fingerprint density at radius 1 is 0.862 bits per heavy atom. The van der Waals surface area contributed by atoms with Crippen molar-refractivity contribution >= 4 is 23.1 Å². The van der Waals surface area contributed by atoms with Crippen molar-refractivity contribution in [1.82, 2.24) is 0 Å². The zero-order valence-electron chi connectivity index (χ0n) is 15.7.